The highest BCUT2D eigenvalue weighted by molar-refractivity contribution is 14.1. The molecule has 0 aromatic heterocycles. The minimum absolute atomic E-state index is 0.0804. The van der Waals surface area contributed by atoms with E-state index >= 15 is 0 Å². The number of benzene rings is 1. The average molecular weight is 319 g/mol. The molecule has 0 fully saturated rings. The van der Waals surface area contributed by atoms with Crippen LogP contribution in [0, 0.1) is 10.5 Å². The number of hydrogen-bond acceptors (Lipinski definition) is 2. The van der Waals surface area contributed by atoms with Crippen LogP contribution in [-0.4, -0.2) is 17.6 Å². The van der Waals surface area contributed by atoms with Gasteiger partial charge in [0, 0.05) is 10.1 Å². The second kappa shape index (κ2) is 5.20. The second-order valence-corrected chi connectivity index (χ2v) is 4.53. The first kappa shape index (κ1) is 12.1. The van der Waals surface area contributed by atoms with Crippen molar-refractivity contribution in [3.63, 3.8) is 0 Å². The number of halogens is 1. The van der Waals surface area contributed by atoms with Gasteiger partial charge in [0.25, 0.3) is 0 Å². The third kappa shape index (κ3) is 3.58. The van der Waals surface area contributed by atoms with Gasteiger partial charge in [-0.15, -0.1) is 0 Å². The van der Waals surface area contributed by atoms with Gasteiger partial charge in [-0.3, -0.25) is 4.99 Å². The average Bonchev–Trinajstić information content (AvgIpc) is 2.12. The number of aromatic hydroxyl groups is 1. The Morgan fingerprint density at radius 3 is 2.73 bits per heavy atom. The summed E-state index contributed by atoms with van der Waals surface area (Å²) in [7, 11) is 0. The van der Waals surface area contributed by atoms with Crippen LogP contribution in [0.25, 0.3) is 0 Å². The van der Waals surface area contributed by atoms with Gasteiger partial charge in [0.15, 0.2) is 5.96 Å². The summed E-state index contributed by atoms with van der Waals surface area (Å²) >= 11 is 2.22. The van der Waals surface area contributed by atoms with Crippen LogP contribution < -0.4 is 11.5 Å². The van der Waals surface area contributed by atoms with Gasteiger partial charge in [-0.2, -0.15) is 0 Å². The van der Waals surface area contributed by atoms with Crippen LogP contribution in [-0.2, 0) is 6.42 Å². The zero-order chi connectivity index (χ0) is 11.4. The Morgan fingerprint density at radius 2 is 2.13 bits per heavy atom. The molecule has 0 aliphatic carbocycles. The van der Waals surface area contributed by atoms with E-state index in [-0.39, 0.29) is 5.96 Å². The molecular weight excluding hydrogens is 305 g/mol. The van der Waals surface area contributed by atoms with Crippen molar-refractivity contribution in [2.45, 2.75) is 13.3 Å². The highest BCUT2D eigenvalue weighted by atomic mass is 127. The van der Waals surface area contributed by atoms with Gasteiger partial charge in [-0.05, 0) is 59.2 Å². The van der Waals surface area contributed by atoms with E-state index < -0.39 is 0 Å². The molecule has 0 amide bonds. The van der Waals surface area contributed by atoms with Crippen molar-refractivity contribution in [1.82, 2.24) is 0 Å². The Hall–Kier alpha value is -0.980. The summed E-state index contributed by atoms with van der Waals surface area (Å²) in [5.41, 5.74) is 12.2. The largest absolute Gasteiger partial charge is 0.507 e. The molecule has 0 saturated carbocycles. The molecule has 82 valence electrons. The summed E-state index contributed by atoms with van der Waals surface area (Å²) in [6.45, 7) is 2.37. The Morgan fingerprint density at radius 1 is 1.47 bits per heavy atom. The molecule has 5 heteroatoms. The lowest BCUT2D eigenvalue weighted by Crippen LogP contribution is -2.23. The molecular formula is C10H14IN3O. The van der Waals surface area contributed by atoms with Crippen LogP contribution in [0.3, 0.4) is 0 Å². The fourth-order valence-corrected chi connectivity index (χ4v) is 2.14. The molecule has 0 atom stereocenters. The summed E-state index contributed by atoms with van der Waals surface area (Å²) in [5.74, 6) is 0.415. The van der Waals surface area contributed by atoms with E-state index in [4.69, 9.17) is 11.5 Å². The quantitative estimate of drug-likeness (QED) is 0.443. The molecule has 1 rings (SSSR count). The molecule has 0 saturated heterocycles. The van der Waals surface area contributed by atoms with E-state index in [0.29, 0.717) is 18.7 Å². The number of nitrogens with zero attached hydrogens (tertiary/aromatic N) is 1. The number of phenolic OH excluding ortho intramolecular Hbond substituents is 1. The molecule has 15 heavy (non-hydrogen) atoms. The van der Waals surface area contributed by atoms with Gasteiger partial charge < -0.3 is 16.6 Å². The van der Waals surface area contributed by atoms with Crippen molar-refractivity contribution >= 4 is 28.6 Å². The summed E-state index contributed by atoms with van der Waals surface area (Å²) < 4.78 is 1.10. The molecule has 1 aromatic carbocycles. The summed E-state index contributed by atoms with van der Waals surface area (Å²) in [6.07, 6.45) is 0.640. The van der Waals surface area contributed by atoms with Crippen molar-refractivity contribution in [2.75, 3.05) is 6.54 Å². The van der Waals surface area contributed by atoms with Gasteiger partial charge in [0.05, 0.1) is 0 Å². The number of hydrogen-bond donors (Lipinski definition) is 3. The van der Waals surface area contributed by atoms with Crippen molar-refractivity contribution in [3.05, 3.63) is 26.8 Å². The highest BCUT2D eigenvalue weighted by Crippen LogP contribution is 2.25. The molecule has 5 N–H and O–H groups in total. The molecule has 0 aliphatic heterocycles. The van der Waals surface area contributed by atoms with Crippen molar-refractivity contribution < 1.29 is 5.11 Å². The van der Waals surface area contributed by atoms with E-state index in [1.807, 2.05) is 19.1 Å². The number of guanidine groups is 1. The third-order valence-electron chi connectivity index (χ3n) is 2.02. The predicted molar refractivity (Wildman–Crippen MR) is 69.9 cm³/mol. The Bertz CT molecular complexity index is 386. The van der Waals surface area contributed by atoms with Crippen LogP contribution in [0.1, 0.15) is 11.1 Å². The lowest BCUT2D eigenvalue weighted by molar-refractivity contribution is 0.464. The van der Waals surface area contributed by atoms with Crippen LogP contribution in [0.15, 0.2) is 17.1 Å². The summed E-state index contributed by atoms with van der Waals surface area (Å²) in [6, 6.07) is 3.87. The second-order valence-electron chi connectivity index (χ2n) is 3.29. The molecule has 0 heterocycles. The molecule has 1 aromatic rings. The maximum Gasteiger partial charge on any atom is 0.185 e. The van der Waals surface area contributed by atoms with Crippen molar-refractivity contribution in [3.8, 4) is 5.75 Å². The van der Waals surface area contributed by atoms with Crippen LogP contribution in [0.2, 0.25) is 0 Å². The minimum atomic E-state index is 0.0804. The van der Waals surface area contributed by atoms with E-state index in [0.717, 1.165) is 14.7 Å². The number of aryl methyl sites for hydroxylation is 1. The van der Waals surface area contributed by atoms with Gasteiger partial charge in [-0.1, -0.05) is 0 Å². The number of phenols is 1. The van der Waals surface area contributed by atoms with E-state index in [9.17, 15) is 5.11 Å². The Balaban J connectivity index is 2.81. The minimum Gasteiger partial charge on any atom is -0.507 e. The standard InChI is InChI=1S/C10H14IN3O/c1-6-4-8(11)5-7(9(6)15)2-3-14-10(12)13/h4-5,15H,2-3H2,1H3,(H4,12,13,14). The first-order chi connectivity index (χ1) is 7.00. The third-order valence-corrected chi connectivity index (χ3v) is 2.64. The number of rotatable bonds is 3. The SMILES string of the molecule is Cc1cc(I)cc(CCN=C(N)N)c1O. The van der Waals surface area contributed by atoms with E-state index in [1.165, 1.54) is 0 Å². The highest BCUT2D eigenvalue weighted by Gasteiger charge is 2.05. The fraction of sp³-hybridized carbons (Fsp3) is 0.300. The molecule has 0 radical (unpaired) electrons. The number of aliphatic imine (C=N–C) groups is 1. The zero-order valence-corrected chi connectivity index (χ0v) is 10.7. The monoisotopic (exact) mass is 319 g/mol. The Kier molecular flexibility index (Phi) is 4.19. The maximum atomic E-state index is 9.77. The molecule has 4 nitrogen and oxygen atoms in total. The van der Waals surface area contributed by atoms with Gasteiger partial charge >= 0.3 is 0 Å². The Labute approximate surface area is 103 Å². The maximum absolute atomic E-state index is 9.77. The predicted octanol–water partition coefficient (Wildman–Crippen LogP) is 1.12. The van der Waals surface area contributed by atoms with Crippen molar-refractivity contribution in [2.24, 2.45) is 16.5 Å². The number of nitrogens with two attached hydrogens (primary N) is 2. The van der Waals surface area contributed by atoms with E-state index in [1.54, 1.807) is 0 Å². The summed E-state index contributed by atoms with van der Waals surface area (Å²) in [4.78, 5) is 3.88. The van der Waals surface area contributed by atoms with Gasteiger partial charge in [-0.25, -0.2) is 0 Å². The smallest absolute Gasteiger partial charge is 0.185 e. The topological polar surface area (TPSA) is 84.6 Å². The lowest BCUT2D eigenvalue weighted by Gasteiger charge is -2.07. The van der Waals surface area contributed by atoms with Gasteiger partial charge in [0.2, 0.25) is 0 Å². The van der Waals surface area contributed by atoms with Crippen LogP contribution >= 0.6 is 22.6 Å². The fourth-order valence-electron chi connectivity index (χ4n) is 1.30. The molecule has 0 spiro atoms. The zero-order valence-electron chi connectivity index (χ0n) is 8.50. The molecule has 0 aliphatic rings. The normalized spacial score (nSPS) is 10.0. The summed E-state index contributed by atoms with van der Waals surface area (Å²) in [5, 5.41) is 9.77. The molecule has 0 bridgehead atoms. The van der Waals surface area contributed by atoms with Crippen LogP contribution in [0.4, 0.5) is 0 Å². The molecule has 0 unspecified atom stereocenters. The first-order valence-corrected chi connectivity index (χ1v) is 5.62. The van der Waals surface area contributed by atoms with E-state index in [2.05, 4.69) is 27.6 Å². The first-order valence-electron chi connectivity index (χ1n) is 4.54. The van der Waals surface area contributed by atoms with Crippen LogP contribution in [0.5, 0.6) is 5.75 Å². The van der Waals surface area contributed by atoms with Crippen molar-refractivity contribution in [1.29, 1.82) is 0 Å². The lowest BCUT2D eigenvalue weighted by atomic mass is 10.1. The van der Waals surface area contributed by atoms with Gasteiger partial charge in [0.1, 0.15) is 5.75 Å².